The van der Waals surface area contributed by atoms with E-state index in [0.717, 1.165) is 16.7 Å². The average molecular weight is 694 g/mol. The van der Waals surface area contributed by atoms with Gasteiger partial charge >= 0.3 is 265 Å². The molecule has 0 aromatic heterocycles. The molecule has 1 aliphatic heterocycles. The summed E-state index contributed by atoms with van der Waals surface area (Å²) in [6.07, 6.45) is -1.93. The van der Waals surface area contributed by atoms with Gasteiger partial charge in [-0.15, -0.1) is 0 Å². The number of esters is 1. The molecular formula is C36H38O6Te. The zero-order chi connectivity index (χ0) is 29.9. The molecule has 0 aliphatic carbocycles. The van der Waals surface area contributed by atoms with Gasteiger partial charge in [-0.05, 0) is 0 Å². The van der Waals surface area contributed by atoms with Gasteiger partial charge in [-0.2, -0.15) is 0 Å². The van der Waals surface area contributed by atoms with Crippen LogP contribution in [0, 0.1) is 6.92 Å². The van der Waals surface area contributed by atoms with Crippen molar-refractivity contribution in [3.63, 3.8) is 0 Å². The van der Waals surface area contributed by atoms with Crippen LogP contribution in [0.25, 0.3) is 0 Å². The van der Waals surface area contributed by atoms with Gasteiger partial charge in [0.2, 0.25) is 0 Å². The molecule has 4 aromatic rings. The first kappa shape index (κ1) is 31.4. The summed E-state index contributed by atoms with van der Waals surface area (Å²) in [6.45, 7) is 4.74. The first-order valence-electron chi connectivity index (χ1n) is 14.5. The molecule has 1 saturated heterocycles. The van der Waals surface area contributed by atoms with Gasteiger partial charge in [0, 0.05) is 0 Å². The molecule has 0 amide bonds. The van der Waals surface area contributed by atoms with Crippen LogP contribution in [-0.4, -0.2) is 62.1 Å². The molecule has 0 N–H and O–H groups in total. The van der Waals surface area contributed by atoms with Crippen LogP contribution in [0.2, 0.25) is 0 Å². The number of carbonyl (C=O) groups excluding carboxylic acids is 1. The molecule has 0 spiro atoms. The average Bonchev–Trinajstić information content (AvgIpc) is 3.04. The van der Waals surface area contributed by atoms with Crippen LogP contribution in [0.5, 0.6) is 0 Å². The fourth-order valence-corrected chi connectivity index (χ4v) is 8.14. The summed E-state index contributed by atoms with van der Waals surface area (Å²) < 4.78 is 33.4. The van der Waals surface area contributed by atoms with Crippen molar-refractivity contribution in [2.24, 2.45) is 0 Å². The maximum absolute atomic E-state index is 11.9. The van der Waals surface area contributed by atoms with E-state index >= 15 is 0 Å². The topological polar surface area (TPSA) is 63.2 Å². The van der Waals surface area contributed by atoms with Crippen molar-refractivity contribution in [3.8, 4) is 0 Å². The SMILES string of the molecule is CC(=O)OC[C@H]1O[C@@H]([Te]c2ccc(C)cc2)[C@H](OCc2ccccc2)[C@@H](OCc2ccccc2)[C@@H]1OCc1ccccc1. The second kappa shape index (κ2) is 16.2. The molecule has 43 heavy (non-hydrogen) atoms. The minimum atomic E-state index is -0.908. The van der Waals surface area contributed by atoms with E-state index in [9.17, 15) is 4.79 Å². The third-order valence-electron chi connectivity index (χ3n) is 7.17. The molecule has 0 bridgehead atoms. The Balaban J connectivity index is 1.48. The Morgan fingerprint density at radius 2 is 1.12 bits per heavy atom. The summed E-state index contributed by atoms with van der Waals surface area (Å²) in [6, 6.07) is 38.9. The summed E-state index contributed by atoms with van der Waals surface area (Å²) in [5.74, 6) is -0.360. The van der Waals surface area contributed by atoms with Gasteiger partial charge in [0.25, 0.3) is 0 Å². The Bertz CT molecular complexity index is 1380. The Hall–Kier alpha value is -3.02. The molecular weight excluding hydrogens is 656 g/mol. The van der Waals surface area contributed by atoms with E-state index in [1.54, 1.807) is 0 Å². The standard InChI is InChI=1S/C36H38O6Te/c1-26-18-20-31(21-19-26)43-36-35(41-24-30-16-10-5-11-17-30)34(40-23-29-14-8-4-9-15-29)33(32(42-36)25-38-27(2)37)39-22-28-12-6-3-7-13-28/h3-21,32-36H,22-25H2,1-2H3/t32-,33-,34+,35-,36+/m1/s1. The second-order valence-corrected chi connectivity index (χ2v) is 13.9. The number of ether oxygens (including phenoxy) is 5. The van der Waals surface area contributed by atoms with Gasteiger partial charge in [0.1, 0.15) is 0 Å². The fourth-order valence-electron chi connectivity index (χ4n) is 4.93. The second-order valence-electron chi connectivity index (χ2n) is 10.6. The van der Waals surface area contributed by atoms with Crippen molar-refractivity contribution < 1.29 is 28.5 Å². The monoisotopic (exact) mass is 696 g/mol. The predicted octanol–water partition coefficient (Wildman–Crippen LogP) is 5.37. The molecule has 6 nitrogen and oxygen atoms in total. The molecule has 0 unspecified atom stereocenters. The normalized spacial score (nSPS) is 21.8. The van der Waals surface area contributed by atoms with Crippen LogP contribution in [0.4, 0.5) is 0 Å². The van der Waals surface area contributed by atoms with Crippen LogP contribution in [0.3, 0.4) is 0 Å². The van der Waals surface area contributed by atoms with Crippen LogP contribution in [0.1, 0.15) is 29.2 Å². The molecule has 5 rings (SSSR count). The van der Waals surface area contributed by atoms with Gasteiger partial charge in [-0.1, -0.05) is 0 Å². The van der Waals surface area contributed by atoms with Gasteiger partial charge in [0.05, 0.1) is 0 Å². The number of carbonyl (C=O) groups is 1. The van der Waals surface area contributed by atoms with E-state index in [-0.39, 0.29) is 16.7 Å². The maximum atomic E-state index is 11.9. The summed E-state index contributed by atoms with van der Waals surface area (Å²) in [5.41, 5.74) is 4.38. The third-order valence-corrected chi connectivity index (χ3v) is 10.5. The Kier molecular flexibility index (Phi) is 11.8. The van der Waals surface area contributed by atoms with Gasteiger partial charge in [0.15, 0.2) is 0 Å². The van der Waals surface area contributed by atoms with E-state index in [1.807, 2.05) is 78.9 Å². The van der Waals surface area contributed by atoms with E-state index < -0.39 is 45.3 Å². The van der Waals surface area contributed by atoms with E-state index in [1.165, 1.54) is 16.1 Å². The molecule has 1 aliphatic rings. The van der Waals surface area contributed by atoms with Gasteiger partial charge in [-0.25, -0.2) is 0 Å². The number of hydrogen-bond donors (Lipinski definition) is 0. The molecule has 4 aromatic carbocycles. The number of rotatable bonds is 13. The fraction of sp³-hybridized carbons (Fsp3) is 0.306. The van der Waals surface area contributed by atoms with Crippen LogP contribution < -0.4 is 3.61 Å². The molecule has 1 fully saturated rings. The first-order valence-corrected chi connectivity index (χ1v) is 17.0. The van der Waals surface area contributed by atoms with Crippen molar-refractivity contribution >= 4 is 30.5 Å². The summed E-state index contributed by atoms with van der Waals surface area (Å²) in [4.78, 5) is 11.9. The summed E-state index contributed by atoms with van der Waals surface area (Å²) in [7, 11) is 0. The third kappa shape index (κ3) is 9.48. The first-order chi connectivity index (χ1) is 21.0. The zero-order valence-corrected chi connectivity index (χ0v) is 26.9. The van der Waals surface area contributed by atoms with E-state index in [2.05, 4.69) is 43.3 Å². The van der Waals surface area contributed by atoms with Crippen LogP contribution in [-0.2, 0) is 48.3 Å². The Morgan fingerprint density at radius 3 is 1.60 bits per heavy atom. The summed E-state index contributed by atoms with van der Waals surface area (Å²) in [5, 5.41) is 0. The summed E-state index contributed by atoms with van der Waals surface area (Å²) >= 11 is -0.908. The van der Waals surface area contributed by atoms with Crippen molar-refractivity contribution in [3.05, 3.63) is 138 Å². The van der Waals surface area contributed by atoms with E-state index in [4.69, 9.17) is 23.7 Å². The van der Waals surface area contributed by atoms with Gasteiger partial charge in [-0.3, -0.25) is 0 Å². The molecule has 1 heterocycles. The molecule has 5 atom stereocenters. The van der Waals surface area contributed by atoms with Crippen molar-refractivity contribution in [1.82, 2.24) is 0 Å². The Morgan fingerprint density at radius 1 is 0.651 bits per heavy atom. The quantitative estimate of drug-likeness (QED) is 0.139. The van der Waals surface area contributed by atoms with Crippen molar-refractivity contribution in [1.29, 1.82) is 0 Å². The molecule has 0 saturated carbocycles. The van der Waals surface area contributed by atoms with Gasteiger partial charge < -0.3 is 0 Å². The van der Waals surface area contributed by atoms with Crippen molar-refractivity contribution in [2.45, 2.75) is 62.2 Å². The minimum absolute atomic E-state index is 0.0722. The predicted molar refractivity (Wildman–Crippen MR) is 167 cm³/mol. The van der Waals surface area contributed by atoms with Crippen molar-refractivity contribution in [2.75, 3.05) is 6.61 Å². The molecule has 0 radical (unpaired) electrons. The van der Waals surface area contributed by atoms with E-state index in [0.29, 0.717) is 19.8 Å². The molecule has 224 valence electrons. The number of hydrogen-bond acceptors (Lipinski definition) is 6. The number of aryl methyl sites for hydroxylation is 1. The molecule has 7 heteroatoms. The Labute approximate surface area is 264 Å². The number of benzene rings is 4. The zero-order valence-electron chi connectivity index (χ0n) is 24.5. The van der Waals surface area contributed by atoms with Crippen LogP contribution >= 0.6 is 0 Å². The van der Waals surface area contributed by atoms with Crippen LogP contribution in [0.15, 0.2) is 115 Å².